The van der Waals surface area contributed by atoms with Crippen LogP contribution in [0.1, 0.15) is 16.9 Å². The highest BCUT2D eigenvalue weighted by molar-refractivity contribution is 6.06. The van der Waals surface area contributed by atoms with Gasteiger partial charge in [0, 0.05) is 30.6 Å². The van der Waals surface area contributed by atoms with Gasteiger partial charge < -0.3 is 9.64 Å². The third-order valence-electron chi connectivity index (χ3n) is 5.96. The molecule has 2 atom stereocenters. The van der Waals surface area contributed by atoms with Crippen molar-refractivity contribution in [2.75, 3.05) is 27.2 Å². The smallest absolute Gasteiger partial charge is 0.275 e. The van der Waals surface area contributed by atoms with Crippen LogP contribution >= 0.6 is 0 Å². The molecule has 6 heteroatoms. The summed E-state index contributed by atoms with van der Waals surface area (Å²) in [7, 11) is 3.80. The molecule has 3 heterocycles. The number of amides is 1. The second-order valence-electron chi connectivity index (χ2n) is 7.50. The third kappa shape index (κ3) is 2.59. The molecule has 2 bridgehead atoms. The Bertz CT molecular complexity index is 1010. The number of benzene rings is 2. The van der Waals surface area contributed by atoms with Crippen molar-refractivity contribution in [1.82, 2.24) is 20.0 Å². The summed E-state index contributed by atoms with van der Waals surface area (Å²) < 4.78 is 5.23. The lowest BCUT2D eigenvalue weighted by Gasteiger charge is -2.31. The van der Waals surface area contributed by atoms with Crippen LogP contribution in [0, 0.1) is 0 Å². The second-order valence-corrected chi connectivity index (χ2v) is 7.50. The Morgan fingerprint density at radius 3 is 2.56 bits per heavy atom. The number of fused-ring (bicyclic) bond motifs is 3. The zero-order valence-electron chi connectivity index (χ0n) is 15.5. The van der Waals surface area contributed by atoms with Gasteiger partial charge in [-0.25, -0.2) is 0 Å². The number of carbonyl (C=O) groups excluding carboxylic acids is 1. The number of likely N-dealkylation sites (N-methyl/N-ethyl adjacent to an activating group) is 1. The zero-order valence-corrected chi connectivity index (χ0v) is 15.5. The Balaban J connectivity index is 1.49. The predicted octanol–water partition coefficient (Wildman–Crippen LogP) is 2.77. The van der Waals surface area contributed by atoms with E-state index in [0.717, 1.165) is 47.3 Å². The minimum absolute atomic E-state index is 0.0359. The number of rotatable bonds is 3. The molecule has 2 aromatic carbocycles. The molecule has 2 saturated heterocycles. The summed E-state index contributed by atoms with van der Waals surface area (Å²) in [6.07, 6.45) is 1.07. The van der Waals surface area contributed by atoms with E-state index in [0.29, 0.717) is 17.8 Å². The van der Waals surface area contributed by atoms with Crippen molar-refractivity contribution in [3.63, 3.8) is 0 Å². The van der Waals surface area contributed by atoms with E-state index in [-0.39, 0.29) is 5.91 Å². The standard InChI is InChI=1S/C21H22N4O2/c1-24-11-16-10-15(24)12-25(16)21(26)20-18-9-14(5-8-19(18)22-23-20)13-3-6-17(27-2)7-4-13/h3-9,15-16H,10-12H2,1-2H3,(H,22,23). The number of nitrogens with zero attached hydrogens (tertiary/aromatic N) is 3. The van der Waals surface area contributed by atoms with Crippen molar-refractivity contribution in [1.29, 1.82) is 0 Å². The third-order valence-corrected chi connectivity index (χ3v) is 5.96. The highest BCUT2D eigenvalue weighted by Gasteiger charge is 2.44. The van der Waals surface area contributed by atoms with E-state index in [1.54, 1.807) is 7.11 Å². The number of likely N-dealkylation sites (tertiary alicyclic amines) is 2. The first kappa shape index (κ1) is 16.3. The molecule has 6 nitrogen and oxygen atoms in total. The molecule has 2 fully saturated rings. The van der Waals surface area contributed by atoms with Gasteiger partial charge in [0.15, 0.2) is 5.69 Å². The molecule has 3 aromatic rings. The molecule has 0 saturated carbocycles. The molecule has 1 aromatic heterocycles. The van der Waals surface area contributed by atoms with Crippen LogP contribution in [0.15, 0.2) is 42.5 Å². The normalized spacial score (nSPS) is 21.9. The van der Waals surface area contributed by atoms with Gasteiger partial charge in [0.1, 0.15) is 5.75 Å². The minimum Gasteiger partial charge on any atom is -0.497 e. The van der Waals surface area contributed by atoms with Crippen LogP contribution in [0.5, 0.6) is 5.75 Å². The predicted molar refractivity (Wildman–Crippen MR) is 104 cm³/mol. The Kier molecular flexibility index (Phi) is 3.68. The van der Waals surface area contributed by atoms with E-state index in [9.17, 15) is 4.79 Å². The first-order chi connectivity index (χ1) is 13.1. The van der Waals surface area contributed by atoms with Gasteiger partial charge in [-0.05, 0) is 48.9 Å². The molecule has 0 aliphatic carbocycles. The number of hydrogen-bond donors (Lipinski definition) is 1. The summed E-state index contributed by atoms with van der Waals surface area (Å²) in [6, 6.07) is 14.8. The fourth-order valence-electron chi connectivity index (χ4n) is 4.39. The largest absolute Gasteiger partial charge is 0.497 e. The molecule has 1 amide bonds. The van der Waals surface area contributed by atoms with Crippen LogP contribution in [0.3, 0.4) is 0 Å². The molecule has 1 N–H and O–H groups in total. The number of hydrogen-bond acceptors (Lipinski definition) is 4. The summed E-state index contributed by atoms with van der Waals surface area (Å²) in [4.78, 5) is 17.5. The second kappa shape index (κ2) is 6.09. The average Bonchev–Trinajstić information content (AvgIpc) is 3.40. The number of aromatic amines is 1. The maximum absolute atomic E-state index is 13.2. The van der Waals surface area contributed by atoms with Gasteiger partial charge in [-0.15, -0.1) is 0 Å². The number of carbonyl (C=O) groups is 1. The van der Waals surface area contributed by atoms with Gasteiger partial charge in [0.25, 0.3) is 5.91 Å². The summed E-state index contributed by atoms with van der Waals surface area (Å²) in [6.45, 7) is 1.75. The number of nitrogens with one attached hydrogen (secondary N) is 1. The number of piperazine rings is 1. The molecule has 0 spiro atoms. The molecule has 5 rings (SSSR count). The Morgan fingerprint density at radius 1 is 1.11 bits per heavy atom. The Labute approximate surface area is 157 Å². The summed E-state index contributed by atoms with van der Waals surface area (Å²) in [5.41, 5.74) is 3.55. The number of ether oxygens (including phenoxy) is 1. The van der Waals surface area contributed by atoms with E-state index in [1.807, 2.05) is 47.4 Å². The number of H-pyrrole nitrogens is 1. The minimum atomic E-state index is 0.0359. The molecule has 27 heavy (non-hydrogen) atoms. The Hall–Kier alpha value is -2.86. The highest BCUT2D eigenvalue weighted by atomic mass is 16.5. The van der Waals surface area contributed by atoms with E-state index in [2.05, 4.69) is 22.1 Å². The van der Waals surface area contributed by atoms with E-state index < -0.39 is 0 Å². The molecule has 138 valence electrons. The average molecular weight is 362 g/mol. The van der Waals surface area contributed by atoms with Crippen LogP contribution in [-0.2, 0) is 0 Å². The van der Waals surface area contributed by atoms with E-state index >= 15 is 0 Å². The lowest BCUT2D eigenvalue weighted by Crippen LogP contribution is -2.47. The molecule has 2 unspecified atom stereocenters. The van der Waals surface area contributed by atoms with Gasteiger partial charge >= 0.3 is 0 Å². The molecule has 0 radical (unpaired) electrons. The van der Waals surface area contributed by atoms with Crippen molar-refractivity contribution in [3.8, 4) is 16.9 Å². The summed E-state index contributed by atoms with van der Waals surface area (Å²) in [5.74, 6) is 0.863. The van der Waals surface area contributed by atoms with E-state index in [4.69, 9.17) is 4.74 Å². The van der Waals surface area contributed by atoms with Crippen molar-refractivity contribution in [2.24, 2.45) is 0 Å². The molecular formula is C21H22N4O2. The van der Waals surface area contributed by atoms with Gasteiger partial charge in [-0.3, -0.25) is 14.8 Å². The summed E-state index contributed by atoms with van der Waals surface area (Å²) >= 11 is 0. The van der Waals surface area contributed by atoms with Crippen LogP contribution in [0.2, 0.25) is 0 Å². The lowest BCUT2D eigenvalue weighted by atomic mass is 10.0. The molecule has 2 aliphatic heterocycles. The van der Waals surface area contributed by atoms with Crippen molar-refractivity contribution in [2.45, 2.75) is 18.5 Å². The number of methoxy groups -OCH3 is 1. The highest BCUT2D eigenvalue weighted by Crippen LogP contribution is 2.32. The maximum atomic E-state index is 13.2. The zero-order chi connectivity index (χ0) is 18.5. The van der Waals surface area contributed by atoms with Gasteiger partial charge in [-0.2, -0.15) is 5.10 Å². The van der Waals surface area contributed by atoms with Gasteiger partial charge in [0.05, 0.1) is 12.6 Å². The maximum Gasteiger partial charge on any atom is 0.275 e. The SMILES string of the molecule is COc1ccc(-c2ccc3[nH]nc(C(=O)N4CC5CC4CN5C)c3c2)cc1. The lowest BCUT2D eigenvalue weighted by molar-refractivity contribution is 0.0646. The fraction of sp³-hybridized carbons (Fsp3) is 0.333. The van der Waals surface area contributed by atoms with Crippen molar-refractivity contribution in [3.05, 3.63) is 48.2 Å². The molecular weight excluding hydrogens is 340 g/mol. The van der Waals surface area contributed by atoms with E-state index in [1.165, 1.54) is 0 Å². The fourth-order valence-corrected chi connectivity index (χ4v) is 4.39. The monoisotopic (exact) mass is 362 g/mol. The van der Waals surface area contributed by atoms with Crippen molar-refractivity contribution < 1.29 is 9.53 Å². The Morgan fingerprint density at radius 2 is 1.89 bits per heavy atom. The van der Waals surface area contributed by atoms with Crippen LogP contribution in [0.25, 0.3) is 22.0 Å². The topological polar surface area (TPSA) is 61.5 Å². The van der Waals surface area contributed by atoms with Gasteiger partial charge in [-0.1, -0.05) is 18.2 Å². The quantitative estimate of drug-likeness (QED) is 0.778. The first-order valence-electron chi connectivity index (χ1n) is 9.28. The van der Waals surface area contributed by atoms with Crippen LogP contribution in [0.4, 0.5) is 0 Å². The first-order valence-corrected chi connectivity index (χ1v) is 9.28. The van der Waals surface area contributed by atoms with Gasteiger partial charge in [0.2, 0.25) is 0 Å². The summed E-state index contributed by atoms with van der Waals surface area (Å²) in [5, 5.41) is 8.25. The van der Waals surface area contributed by atoms with Crippen LogP contribution < -0.4 is 4.74 Å². The molecule has 2 aliphatic rings. The number of aromatic nitrogens is 2. The van der Waals surface area contributed by atoms with Crippen LogP contribution in [-0.4, -0.2) is 65.2 Å². The van der Waals surface area contributed by atoms with Crippen molar-refractivity contribution >= 4 is 16.8 Å².